The van der Waals surface area contributed by atoms with Gasteiger partial charge in [0.1, 0.15) is 0 Å². The van der Waals surface area contributed by atoms with Crippen LogP contribution in [0.2, 0.25) is 0 Å². The molecule has 1 aromatic carbocycles. The molecule has 5 N–H and O–H groups in total. The second-order valence-electron chi connectivity index (χ2n) is 3.00. The minimum atomic E-state index is -3.64. The van der Waals surface area contributed by atoms with Gasteiger partial charge >= 0.3 is 0 Å². The molecule has 1 aromatic rings. The van der Waals surface area contributed by atoms with Gasteiger partial charge in [-0.15, -0.1) is 0 Å². The van der Waals surface area contributed by atoms with E-state index in [2.05, 4.69) is 4.72 Å². The zero-order valence-electron chi connectivity index (χ0n) is 7.82. The van der Waals surface area contributed by atoms with E-state index in [1.807, 2.05) is 6.92 Å². The molecule has 0 heterocycles. The monoisotopic (exact) mass is 215 g/mol. The molecule has 0 radical (unpaired) electrons. The Bertz CT molecular complexity index is 428. The number of nitrogen functional groups attached to an aromatic ring is 1. The second-order valence-corrected chi connectivity index (χ2v) is 4.38. The van der Waals surface area contributed by atoms with Crippen LogP contribution in [-0.2, 0) is 16.8 Å². The average Bonchev–Trinajstić information content (AvgIpc) is 2.06. The Labute approximate surface area is 83.3 Å². The molecule has 0 amide bonds. The maximum absolute atomic E-state index is 10.6. The van der Waals surface area contributed by atoms with Crippen molar-refractivity contribution in [3.63, 3.8) is 0 Å². The van der Waals surface area contributed by atoms with Gasteiger partial charge in [-0.3, -0.25) is 0 Å². The Kier molecular flexibility index (Phi) is 3.10. The van der Waals surface area contributed by atoms with E-state index in [4.69, 9.17) is 10.9 Å². The van der Waals surface area contributed by atoms with E-state index in [0.717, 1.165) is 11.1 Å². The predicted octanol–water partition coefficient (Wildman–Crippen LogP) is -0.130. The van der Waals surface area contributed by atoms with Crippen molar-refractivity contribution in [3.05, 3.63) is 29.3 Å². The van der Waals surface area contributed by atoms with Crippen LogP contribution in [0.4, 0.5) is 5.69 Å². The molecule has 0 aliphatic heterocycles. The van der Waals surface area contributed by atoms with E-state index >= 15 is 0 Å². The zero-order chi connectivity index (χ0) is 10.8. The number of anilines is 1. The maximum Gasteiger partial charge on any atom is 0.274 e. The van der Waals surface area contributed by atoms with Crippen molar-refractivity contribution in [2.45, 2.75) is 13.5 Å². The summed E-state index contributed by atoms with van der Waals surface area (Å²) in [6, 6.07) is 5.32. The third-order valence-corrected chi connectivity index (χ3v) is 2.50. The molecule has 0 fully saturated rings. The quantitative estimate of drug-likeness (QED) is 0.612. The lowest BCUT2D eigenvalue weighted by molar-refractivity contribution is 0.583. The van der Waals surface area contributed by atoms with Gasteiger partial charge in [-0.2, -0.15) is 13.1 Å². The van der Waals surface area contributed by atoms with Crippen LogP contribution in [0.3, 0.4) is 0 Å². The molecule has 0 atom stereocenters. The fourth-order valence-electron chi connectivity index (χ4n) is 1.07. The minimum Gasteiger partial charge on any atom is -0.399 e. The van der Waals surface area contributed by atoms with Gasteiger partial charge in [0, 0.05) is 12.2 Å². The molecular formula is C8H13N3O2S. The lowest BCUT2D eigenvalue weighted by Crippen LogP contribution is -2.30. The van der Waals surface area contributed by atoms with E-state index in [0.29, 0.717) is 5.69 Å². The average molecular weight is 215 g/mol. The Morgan fingerprint density at radius 3 is 2.64 bits per heavy atom. The standard InChI is InChI=1S/C8H13N3O2S/c1-6-7(3-2-4-8(6)9)5-11-14(10,12)13/h2-4,11H,5,9H2,1H3,(H2,10,12,13). The molecule has 0 aromatic heterocycles. The largest absolute Gasteiger partial charge is 0.399 e. The lowest BCUT2D eigenvalue weighted by atomic mass is 10.1. The molecule has 1 rings (SSSR count). The number of hydrogen-bond donors (Lipinski definition) is 3. The number of nitrogens with two attached hydrogens (primary N) is 2. The Morgan fingerprint density at radius 2 is 2.07 bits per heavy atom. The van der Waals surface area contributed by atoms with E-state index in [9.17, 15) is 8.42 Å². The summed E-state index contributed by atoms with van der Waals surface area (Å²) in [6.07, 6.45) is 0. The van der Waals surface area contributed by atoms with Crippen molar-refractivity contribution in [2.75, 3.05) is 5.73 Å². The SMILES string of the molecule is Cc1c(N)cccc1CNS(N)(=O)=O. The Balaban J connectivity index is 2.83. The highest BCUT2D eigenvalue weighted by atomic mass is 32.2. The van der Waals surface area contributed by atoms with Gasteiger partial charge in [-0.05, 0) is 24.1 Å². The van der Waals surface area contributed by atoms with Crippen LogP contribution in [0.15, 0.2) is 18.2 Å². The molecule has 0 bridgehead atoms. The van der Waals surface area contributed by atoms with Crippen LogP contribution >= 0.6 is 0 Å². The third kappa shape index (κ3) is 2.99. The number of hydrogen-bond acceptors (Lipinski definition) is 3. The molecular weight excluding hydrogens is 202 g/mol. The second kappa shape index (κ2) is 3.95. The zero-order valence-corrected chi connectivity index (χ0v) is 8.64. The van der Waals surface area contributed by atoms with Gasteiger partial charge < -0.3 is 5.73 Å². The number of rotatable bonds is 3. The summed E-state index contributed by atoms with van der Waals surface area (Å²) in [5.41, 5.74) is 7.97. The van der Waals surface area contributed by atoms with Gasteiger partial charge in [-0.25, -0.2) is 5.14 Å². The summed E-state index contributed by atoms with van der Waals surface area (Å²) >= 11 is 0. The summed E-state index contributed by atoms with van der Waals surface area (Å²) in [5.74, 6) is 0. The first-order valence-corrected chi connectivity index (χ1v) is 5.56. The van der Waals surface area contributed by atoms with Crippen molar-refractivity contribution >= 4 is 15.9 Å². The van der Waals surface area contributed by atoms with Gasteiger partial charge in [0.25, 0.3) is 10.2 Å². The van der Waals surface area contributed by atoms with Gasteiger partial charge in [0.15, 0.2) is 0 Å². The summed E-state index contributed by atoms with van der Waals surface area (Å²) in [4.78, 5) is 0. The molecule has 0 saturated carbocycles. The minimum absolute atomic E-state index is 0.162. The molecule has 5 nitrogen and oxygen atoms in total. The highest BCUT2D eigenvalue weighted by molar-refractivity contribution is 7.87. The maximum atomic E-state index is 10.6. The first-order valence-electron chi connectivity index (χ1n) is 4.01. The molecule has 14 heavy (non-hydrogen) atoms. The first-order chi connectivity index (χ1) is 6.40. The smallest absolute Gasteiger partial charge is 0.274 e. The van der Waals surface area contributed by atoms with Crippen molar-refractivity contribution in [2.24, 2.45) is 5.14 Å². The van der Waals surface area contributed by atoms with E-state index in [-0.39, 0.29) is 6.54 Å². The highest BCUT2D eigenvalue weighted by Crippen LogP contribution is 2.14. The van der Waals surface area contributed by atoms with Crippen LogP contribution in [0.1, 0.15) is 11.1 Å². The van der Waals surface area contributed by atoms with E-state index in [1.54, 1.807) is 18.2 Å². The number of nitrogens with one attached hydrogen (secondary N) is 1. The molecule has 0 aliphatic carbocycles. The molecule has 0 spiro atoms. The van der Waals surface area contributed by atoms with E-state index in [1.165, 1.54) is 0 Å². The summed E-state index contributed by atoms with van der Waals surface area (Å²) in [5, 5.41) is 4.80. The molecule has 0 unspecified atom stereocenters. The van der Waals surface area contributed by atoms with Gasteiger partial charge in [0.2, 0.25) is 0 Å². The lowest BCUT2D eigenvalue weighted by Gasteiger charge is -2.07. The number of benzene rings is 1. The van der Waals surface area contributed by atoms with Crippen LogP contribution < -0.4 is 15.6 Å². The van der Waals surface area contributed by atoms with Crippen molar-refractivity contribution < 1.29 is 8.42 Å². The summed E-state index contributed by atoms with van der Waals surface area (Å²) in [6.45, 7) is 1.99. The first kappa shape index (κ1) is 11.0. The Hall–Kier alpha value is -1.11. The predicted molar refractivity (Wildman–Crippen MR) is 55.5 cm³/mol. The van der Waals surface area contributed by atoms with Crippen molar-refractivity contribution in [1.82, 2.24) is 4.72 Å². The summed E-state index contributed by atoms with van der Waals surface area (Å²) < 4.78 is 23.5. The summed E-state index contributed by atoms with van der Waals surface area (Å²) in [7, 11) is -3.64. The topological polar surface area (TPSA) is 98.2 Å². The highest BCUT2D eigenvalue weighted by Gasteiger charge is 2.04. The van der Waals surface area contributed by atoms with Gasteiger partial charge in [-0.1, -0.05) is 12.1 Å². The third-order valence-electron chi connectivity index (χ3n) is 1.95. The van der Waals surface area contributed by atoms with Crippen LogP contribution in [-0.4, -0.2) is 8.42 Å². The van der Waals surface area contributed by atoms with E-state index < -0.39 is 10.2 Å². The molecule has 0 aliphatic rings. The van der Waals surface area contributed by atoms with Crippen molar-refractivity contribution in [1.29, 1.82) is 0 Å². The van der Waals surface area contributed by atoms with Crippen LogP contribution in [0.25, 0.3) is 0 Å². The fourth-order valence-corrected chi connectivity index (χ4v) is 1.43. The molecule has 0 saturated heterocycles. The fraction of sp³-hybridized carbons (Fsp3) is 0.250. The van der Waals surface area contributed by atoms with Gasteiger partial charge in [0.05, 0.1) is 0 Å². The van der Waals surface area contributed by atoms with Crippen LogP contribution in [0, 0.1) is 6.92 Å². The van der Waals surface area contributed by atoms with Crippen LogP contribution in [0.5, 0.6) is 0 Å². The van der Waals surface area contributed by atoms with Crippen molar-refractivity contribution in [3.8, 4) is 0 Å². The molecule has 78 valence electrons. The normalized spacial score (nSPS) is 11.6. The molecule has 6 heteroatoms. The Morgan fingerprint density at radius 1 is 1.43 bits per heavy atom.